The van der Waals surface area contributed by atoms with Gasteiger partial charge in [-0.3, -0.25) is 4.21 Å². The van der Waals surface area contributed by atoms with Crippen LogP contribution >= 0.6 is 0 Å². The lowest BCUT2D eigenvalue weighted by Gasteiger charge is -2.28. The number of anilines is 1. The molecule has 0 radical (unpaired) electrons. The zero-order chi connectivity index (χ0) is 10.8. The van der Waals surface area contributed by atoms with E-state index < -0.39 is 10.8 Å². The van der Waals surface area contributed by atoms with Crippen LogP contribution in [0.3, 0.4) is 0 Å². The van der Waals surface area contributed by atoms with Crippen molar-refractivity contribution in [1.29, 1.82) is 0 Å². The quantitative estimate of drug-likeness (QED) is 0.728. The number of aryl methyl sites for hydroxylation is 1. The highest BCUT2D eigenvalue weighted by Crippen LogP contribution is 2.21. The van der Waals surface area contributed by atoms with E-state index in [1.807, 2.05) is 17.9 Å². The van der Waals surface area contributed by atoms with Crippen molar-refractivity contribution in [1.82, 2.24) is 0 Å². The van der Waals surface area contributed by atoms with Crippen molar-refractivity contribution in [2.75, 3.05) is 29.5 Å². The fraction of sp³-hybridized carbons (Fsp3) is 0.455. The second-order valence-electron chi connectivity index (χ2n) is 3.79. The predicted octanol–water partition coefficient (Wildman–Crippen LogP) is 1.70. The molecule has 0 N–H and O–H groups in total. The summed E-state index contributed by atoms with van der Waals surface area (Å²) in [5, 5.41) is 0. The predicted molar refractivity (Wildman–Crippen MR) is 61.2 cm³/mol. The molecular formula is C11H14FNOS. The van der Waals surface area contributed by atoms with Gasteiger partial charge in [-0.15, -0.1) is 0 Å². The van der Waals surface area contributed by atoms with Crippen LogP contribution in [0.4, 0.5) is 10.1 Å². The van der Waals surface area contributed by atoms with Crippen LogP contribution in [0.5, 0.6) is 0 Å². The molecule has 0 spiro atoms. The van der Waals surface area contributed by atoms with E-state index in [-0.39, 0.29) is 5.82 Å². The molecule has 1 aromatic carbocycles. The molecule has 2 nitrogen and oxygen atoms in total. The molecule has 1 aromatic rings. The van der Waals surface area contributed by atoms with E-state index in [0.29, 0.717) is 30.3 Å². The van der Waals surface area contributed by atoms with E-state index in [9.17, 15) is 8.60 Å². The molecule has 0 bridgehead atoms. The summed E-state index contributed by atoms with van der Waals surface area (Å²) in [5.74, 6) is 1.11. The average molecular weight is 227 g/mol. The van der Waals surface area contributed by atoms with Crippen LogP contribution in [0.25, 0.3) is 0 Å². The maximum atomic E-state index is 13.6. The summed E-state index contributed by atoms with van der Waals surface area (Å²) >= 11 is 0. The van der Waals surface area contributed by atoms with Gasteiger partial charge in [0.2, 0.25) is 0 Å². The molecule has 2 rings (SSSR count). The molecule has 0 aromatic heterocycles. The SMILES string of the molecule is Cc1ccc(N2CCS(=O)CC2)c(F)c1. The molecule has 0 unspecified atom stereocenters. The summed E-state index contributed by atoms with van der Waals surface area (Å²) in [6.45, 7) is 3.25. The van der Waals surface area contributed by atoms with Crippen LogP contribution in [-0.2, 0) is 10.8 Å². The molecule has 4 heteroatoms. The first-order valence-corrected chi connectivity index (χ1v) is 6.52. The molecular weight excluding hydrogens is 213 g/mol. The Kier molecular flexibility index (Phi) is 3.05. The molecule has 1 aliphatic heterocycles. The molecule has 1 fully saturated rings. The molecule has 0 aliphatic carbocycles. The van der Waals surface area contributed by atoms with Crippen LogP contribution in [0.15, 0.2) is 18.2 Å². The van der Waals surface area contributed by atoms with Gasteiger partial charge >= 0.3 is 0 Å². The van der Waals surface area contributed by atoms with Crippen LogP contribution in [-0.4, -0.2) is 28.8 Å². The molecule has 0 saturated carbocycles. The van der Waals surface area contributed by atoms with Crippen molar-refractivity contribution in [2.24, 2.45) is 0 Å². The normalized spacial score (nSPS) is 18.1. The van der Waals surface area contributed by atoms with Gasteiger partial charge in [-0.25, -0.2) is 4.39 Å². The minimum atomic E-state index is -0.710. The van der Waals surface area contributed by atoms with Crippen molar-refractivity contribution in [3.05, 3.63) is 29.6 Å². The molecule has 1 aliphatic rings. The van der Waals surface area contributed by atoms with Crippen molar-refractivity contribution < 1.29 is 8.60 Å². The third-order valence-electron chi connectivity index (χ3n) is 2.62. The van der Waals surface area contributed by atoms with Crippen molar-refractivity contribution in [3.8, 4) is 0 Å². The van der Waals surface area contributed by atoms with E-state index in [0.717, 1.165) is 5.56 Å². The minimum Gasteiger partial charge on any atom is -0.367 e. The molecule has 0 amide bonds. The highest BCUT2D eigenvalue weighted by Gasteiger charge is 2.17. The summed E-state index contributed by atoms with van der Waals surface area (Å²) in [4.78, 5) is 1.97. The van der Waals surface area contributed by atoms with Crippen molar-refractivity contribution in [2.45, 2.75) is 6.92 Å². The summed E-state index contributed by atoms with van der Waals surface area (Å²) < 4.78 is 24.8. The number of halogens is 1. The van der Waals surface area contributed by atoms with Gasteiger partial charge in [-0.05, 0) is 24.6 Å². The van der Waals surface area contributed by atoms with Crippen LogP contribution < -0.4 is 4.90 Å². The molecule has 15 heavy (non-hydrogen) atoms. The topological polar surface area (TPSA) is 20.3 Å². The lowest BCUT2D eigenvalue weighted by molar-refractivity contribution is 0.616. The van der Waals surface area contributed by atoms with Gasteiger partial charge in [-0.2, -0.15) is 0 Å². The van der Waals surface area contributed by atoms with Crippen molar-refractivity contribution in [3.63, 3.8) is 0 Å². The van der Waals surface area contributed by atoms with Crippen LogP contribution in [0, 0.1) is 12.7 Å². The maximum absolute atomic E-state index is 13.6. The first-order chi connectivity index (χ1) is 7.16. The Morgan fingerprint density at radius 3 is 2.60 bits per heavy atom. The van der Waals surface area contributed by atoms with Gasteiger partial charge in [0.05, 0.1) is 5.69 Å². The average Bonchev–Trinajstić information content (AvgIpc) is 2.20. The van der Waals surface area contributed by atoms with Gasteiger partial charge in [0, 0.05) is 35.4 Å². The lowest BCUT2D eigenvalue weighted by atomic mass is 10.2. The lowest BCUT2D eigenvalue weighted by Crippen LogP contribution is -2.38. The van der Waals surface area contributed by atoms with Gasteiger partial charge in [0.25, 0.3) is 0 Å². The summed E-state index contributed by atoms with van der Waals surface area (Å²) in [7, 11) is -0.710. The van der Waals surface area contributed by atoms with E-state index in [1.165, 1.54) is 0 Å². The second kappa shape index (κ2) is 4.31. The Morgan fingerprint density at radius 1 is 1.33 bits per heavy atom. The largest absolute Gasteiger partial charge is 0.367 e. The zero-order valence-corrected chi connectivity index (χ0v) is 9.52. The Morgan fingerprint density at radius 2 is 2.00 bits per heavy atom. The van der Waals surface area contributed by atoms with E-state index in [4.69, 9.17) is 0 Å². The van der Waals surface area contributed by atoms with Gasteiger partial charge < -0.3 is 4.90 Å². The first kappa shape index (κ1) is 10.6. The highest BCUT2D eigenvalue weighted by molar-refractivity contribution is 7.85. The fourth-order valence-corrected chi connectivity index (χ4v) is 2.80. The fourth-order valence-electron chi connectivity index (χ4n) is 1.75. The Balaban J connectivity index is 2.19. The van der Waals surface area contributed by atoms with Crippen LogP contribution in [0.2, 0.25) is 0 Å². The van der Waals surface area contributed by atoms with E-state index in [2.05, 4.69) is 0 Å². The monoisotopic (exact) mass is 227 g/mol. The Hall–Kier alpha value is -0.900. The minimum absolute atomic E-state index is 0.178. The van der Waals surface area contributed by atoms with E-state index in [1.54, 1.807) is 12.1 Å². The summed E-state index contributed by atoms with van der Waals surface area (Å²) in [6.07, 6.45) is 0. The molecule has 82 valence electrons. The first-order valence-electron chi connectivity index (χ1n) is 5.03. The van der Waals surface area contributed by atoms with Crippen LogP contribution in [0.1, 0.15) is 5.56 Å². The Bertz CT molecular complexity index is 384. The third kappa shape index (κ3) is 2.37. The number of benzene rings is 1. The third-order valence-corrected chi connectivity index (χ3v) is 3.90. The molecule has 1 saturated heterocycles. The van der Waals surface area contributed by atoms with Gasteiger partial charge in [0.1, 0.15) is 5.82 Å². The second-order valence-corrected chi connectivity index (χ2v) is 5.49. The van der Waals surface area contributed by atoms with E-state index >= 15 is 0 Å². The number of nitrogens with zero attached hydrogens (tertiary/aromatic N) is 1. The number of hydrogen-bond donors (Lipinski definition) is 0. The van der Waals surface area contributed by atoms with Gasteiger partial charge in [0.15, 0.2) is 0 Å². The number of hydrogen-bond acceptors (Lipinski definition) is 2. The van der Waals surface area contributed by atoms with Crippen molar-refractivity contribution >= 4 is 16.5 Å². The maximum Gasteiger partial charge on any atom is 0.146 e. The smallest absolute Gasteiger partial charge is 0.146 e. The standard InChI is InChI=1S/C11H14FNOS/c1-9-2-3-11(10(12)8-9)13-4-6-15(14)7-5-13/h2-3,8H,4-7H2,1H3. The summed E-state index contributed by atoms with van der Waals surface area (Å²) in [6, 6.07) is 5.25. The molecule has 0 atom stereocenters. The molecule has 1 heterocycles. The zero-order valence-electron chi connectivity index (χ0n) is 8.70. The summed E-state index contributed by atoms with van der Waals surface area (Å²) in [5.41, 5.74) is 1.56. The van der Waals surface area contributed by atoms with Gasteiger partial charge in [-0.1, -0.05) is 6.07 Å². The highest BCUT2D eigenvalue weighted by atomic mass is 32.2. The number of rotatable bonds is 1. The Labute approximate surface area is 91.5 Å².